The van der Waals surface area contributed by atoms with Crippen LogP contribution in [0.5, 0.6) is 0 Å². The number of aromatic amines is 1. The summed E-state index contributed by atoms with van der Waals surface area (Å²) in [7, 11) is 0. The second kappa shape index (κ2) is 3.06. The third kappa shape index (κ3) is 1.60. The van der Waals surface area contributed by atoms with Crippen molar-refractivity contribution in [1.29, 1.82) is 0 Å². The Morgan fingerprint density at radius 3 is 3.07 bits per heavy atom. The lowest BCUT2D eigenvalue weighted by Gasteiger charge is -2.17. The van der Waals surface area contributed by atoms with Gasteiger partial charge in [-0.1, -0.05) is 0 Å². The van der Waals surface area contributed by atoms with Crippen LogP contribution in [0, 0.1) is 0 Å². The summed E-state index contributed by atoms with van der Waals surface area (Å²) in [5.74, 6) is 0.0166. The molecule has 0 saturated carbocycles. The Balaban J connectivity index is 2.08. The molecule has 6 nitrogen and oxygen atoms in total. The summed E-state index contributed by atoms with van der Waals surface area (Å²) >= 11 is 0. The molecule has 1 amide bonds. The number of H-pyrrole nitrogens is 1. The largest absolute Gasteiger partial charge is 0.388 e. The van der Waals surface area contributed by atoms with Crippen LogP contribution in [0.15, 0.2) is 6.33 Å². The number of carbonyl (C=O) groups excluding carboxylic acids is 1. The summed E-state index contributed by atoms with van der Waals surface area (Å²) in [5, 5.41) is 15.8. The van der Waals surface area contributed by atoms with Gasteiger partial charge in [0.1, 0.15) is 6.33 Å². The maximum atomic E-state index is 11.7. The fourth-order valence-electron chi connectivity index (χ4n) is 1.58. The highest BCUT2D eigenvalue weighted by atomic mass is 16.3. The quantitative estimate of drug-likeness (QED) is 0.628. The molecule has 1 unspecified atom stereocenters. The van der Waals surface area contributed by atoms with E-state index in [-0.39, 0.29) is 11.7 Å². The van der Waals surface area contributed by atoms with Gasteiger partial charge in [0, 0.05) is 13.1 Å². The molecule has 0 spiro atoms. The number of aromatic nitrogens is 3. The standard InChI is InChI=1S/C8H12N4O2/c1-8(14)2-3-12(4-8)7(13)6-9-5-10-11-6/h5,14H,2-4H2,1H3,(H,9,10,11). The van der Waals surface area contributed by atoms with Crippen LogP contribution >= 0.6 is 0 Å². The van der Waals surface area contributed by atoms with Gasteiger partial charge in [-0.05, 0) is 13.3 Å². The fourth-order valence-corrected chi connectivity index (χ4v) is 1.58. The minimum atomic E-state index is -0.768. The summed E-state index contributed by atoms with van der Waals surface area (Å²) in [4.78, 5) is 17.0. The maximum absolute atomic E-state index is 11.7. The summed E-state index contributed by atoms with van der Waals surface area (Å²) in [6.45, 7) is 2.64. The van der Waals surface area contributed by atoms with E-state index in [0.29, 0.717) is 19.5 Å². The molecule has 0 bridgehead atoms. The molecular weight excluding hydrogens is 184 g/mol. The molecule has 0 radical (unpaired) electrons. The van der Waals surface area contributed by atoms with Crippen LogP contribution in [0.3, 0.4) is 0 Å². The van der Waals surface area contributed by atoms with Crippen molar-refractivity contribution in [3.8, 4) is 0 Å². The smallest absolute Gasteiger partial charge is 0.291 e. The second-order valence-electron chi connectivity index (χ2n) is 3.81. The van der Waals surface area contributed by atoms with E-state index in [9.17, 15) is 9.90 Å². The monoisotopic (exact) mass is 196 g/mol. The van der Waals surface area contributed by atoms with Crippen molar-refractivity contribution in [2.45, 2.75) is 18.9 Å². The van der Waals surface area contributed by atoms with Gasteiger partial charge in [-0.25, -0.2) is 4.98 Å². The maximum Gasteiger partial charge on any atom is 0.291 e. The number of hydrogen-bond acceptors (Lipinski definition) is 4. The van der Waals surface area contributed by atoms with Gasteiger partial charge in [-0.3, -0.25) is 9.89 Å². The van der Waals surface area contributed by atoms with Crippen LogP contribution in [0.1, 0.15) is 24.0 Å². The highest BCUT2D eigenvalue weighted by molar-refractivity contribution is 5.90. The van der Waals surface area contributed by atoms with E-state index in [4.69, 9.17) is 0 Å². The average Bonchev–Trinajstić information content (AvgIpc) is 2.72. The average molecular weight is 196 g/mol. The first-order valence-electron chi connectivity index (χ1n) is 4.45. The first kappa shape index (κ1) is 9.14. The zero-order chi connectivity index (χ0) is 10.2. The van der Waals surface area contributed by atoms with Gasteiger partial charge < -0.3 is 10.0 Å². The summed E-state index contributed by atoms with van der Waals surface area (Å²) in [6, 6.07) is 0. The van der Waals surface area contributed by atoms with Crippen molar-refractivity contribution >= 4 is 5.91 Å². The predicted molar refractivity (Wildman–Crippen MR) is 47.5 cm³/mol. The normalized spacial score (nSPS) is 26.9. The third-order valence-electron chi connectivity index (χ3n) is 2.36. The van der Waals surface area contributed by atoms with Crippen molar-refractivity contribution in [3.05, 3.63) is 12.2 Å². The second-order valence-corrected chi connectivity index (χ2v) is 3.81. The van der Waals surface area contributed by atoms with E-state index in [1.807, 2.05) is 0 Å². The Morgan fingerprint density at radius 1 is 1.79 bits per heavy atom. The van der Waals surface area contributed by atoms with Crippen molar-refractivity contribution in [1.82, 2.24) is 20.1 Å². The predicted octanol–water partition coefficient (Wildman–Crippen LogP) is -0.598. The molecule has 76 valence electrons. The zero-order valence-corrected chi connectivity index (χ0v) is 7.90. The molecule has 2 N–H and O–H groups in total. The Kier molecular flexibility index (Phi) is 1.99. The molecule has 1 aromatic rings. The van der Waals surface area contributed by atoms with Crippen molar-refractivity contribution in [2.75, 3.05) is 13.1 Å². The molecule has 0 aliphatic carbocycles. The van der Waals surface area contributed by atoms with E-state index in [1.54, 1.807) is 11.8 Å². The number of aliphatic hydroxyl groups is 1. The molecule has 1 aromatic heterocycles. The highest BCUT2D eigenvalue weighted by Crippen LogP contribution is 2.20. The molecule has 6 heteroatoms. The Labute approximate surface area is 80.9 Å². The fraction of sp³-hybridized carbons (Fsp3) is 0.625. The first-order chi connectivity index (χ1) is 6.58. The van der Waals surface area contributed by atoms with Crippen LogP contribution in [0.25, 0.3) is 0 Å². The van der Waals surface area contributed by atoms with Gasteiger partial charge in [-0.15, -0.1) is 0 Å². The van der Waals surface area contributed by atoms with E-state index >= 15 is 0 Å². The number of nitrogens with one attached hydrogen (secondary N) is 1. The van der Waals surface area contributed by atoms with E-state index in [0.717, 1.165) is 0 Å². The Bertz CT molecular complexity index is 333. The number of rotatable bonds is 1. The number of likely N-dealkylation sites (tertiary alicyclic amines) is 1. The molecule has 1 saturated heterocycles. The third-order valence-corrected chi connectivity index (χ3v) is 2.36. The molecule has 1 atom stereocenters. The molecular formula is C8H12N4O2. The van der Waals surface area contributed by atoms with E-state index < -0.39 is 5.60 Å². The lowest BCUT2D eigenvalue weighted by molar-refractivity contribution is 0.0566. The van der Waals surface area contributed by atoms with E-state index in [1.165, 1.54) is 6.33 Å². The van der Waals surface area contributed by atoms with Gasteiger partial charge in [0.05, 0.1) is 5.60 Å². The SMILES string of the molecule is CC1(O)CCN(C(=O)c2ncn[nH]2)C1. The van der Waals surface area contributed by atoms with Crippen LogP contribution in [-0.2, 0) is 0 Å². The minimum Gasteiger partial charge on any atom is -0.388 e. The number of nitrogens with zero attached hydrogens (tertiary/aromatic N) is 3. The summed E-state index contributed by atoms with van der Waals surface area (Å²) < 4.78 is 0. The Morgan fingerprint density at radius 2 is 2.57 bits per heavy atom. The molecule has 2 heterocycles. The molecule has 1 aliphatic rings. The molecule has 1 fully saturated rings. The number of β-amino-alcohol motifs (C(OH)–C–C–N with tert-alkyl or cyclic N) is 1. The topological polar surface area (TPSA) is 82.1 Å². The van der Waals surface area contributed by atoms with Crippen LogP contribution in [-0.4, -0.2) is 49.8 Å². The van der Waals surface area contributed by atoms with Crippen LogP contribution in [0.4, 0.5) is 0 Å². The minimum absolute atomic E-state index is 0.208. The first-order valence-corrected chi connectivity index (χ1v) is 4.45. The summed E-state index contributed by atoms with van der Waals surface area (Å²) in [6.07, 6.45) is 1.90. The van der Waals surface area contributed by atoms with Gasteiger partial charge in [0.25, 0.3) is 5.91 Å². The lowest BCUT2D eigenvalue weighted by atomic mass is 10.1. The van der Waals surface area contributed by atoms with E-state index in [2.05, 4.69) is 15.2 Å². The lowest BCUT2D eigenvalue weighted by Crippen LogP contribution is -2.34. The van der Waals surface area contributed by atoms with Gasteiger partial charge in [0.2, 0.25) is 5.82 Å². The molecule has 0 aromatic carbocycles. The van der Waals surface area contributed by atoms with Crippen molar-refractivity contribution < 1.29 is 9.90 Å². The number of carbonyl (C=O) groups is 1. The van der Waals surface area contributed by atoms with Gasteiger partial charge in [-0.2, -0.15) is 5.10 Å². The summed E-state index contributed by atoms with van der Waals surface area (Å²) in [5.41, 5.74) is -0.768. The Hall–Kier alpha value is -1.43. The van der Waals surface area contributed by atoms with Crippen molar-refractivity contribution in [3.63, 3.8) is 0 Å². The zero-order valence-electron chi connectivity index (χ0n) is 7.90. The van der Waals surface area contributed by atoms with Gasteiger partial charge in [0.15, 0.2) is 0 Å². The van der Waals surface area contributed by atoms with Gasteiger partial charge >= 0.3 is 0 Å². The number of amides is 1. The molecule has 1 aliphatic heterocycles. The number of hydrogen-bond donors (Lipinski definition) is 2. The molecule has 2 rings (SSSR count). The highest BCUT2D eigenvalue weighted by Gasteiger charge is 2.35. The van der Waals surface area contributed by atoms with Crippen LogP contribution in [0.2, 0.25) is 0 Å². The van der Waals surface area contributed by atoms with Crippen molar-refractivity contribution in [2.24, 2.45) is 0 Å². The molecule has 14 heavy (non-hydrogen) atoms. The van der Waals surface area contributed by atoms with Crippen LogP contribution < -0.4 is 0 Å².